The topological polar surface area (TPSA) is 12.9 Å². The molecule has 0 unspecified atom stereocenters. The number of benzene rings is 9. The summed E-state index contributed by atoms with van der Waals surface area (Å²) < 4.78 is 2.59. The first-order chi connectivity index (χ1) is 26.3. The van der Waals surface area contributed by atoms with Gasteiger partial charge >= 0.3 is 0 Å². The van der Waals surface area contributed by atoms with Gasteiger partial charge < -0.3 is 0 Å². The van der Waals surface area contributed by atoms with Gasteiger partial charge in [-0.3, -0.25) is 4.98 Å². The molecule has 0 atom stereocenters. The molecule has 2 heterocycles. The average Bonchev–Trinajstić information content (AvgIpc) is 3.62. The minimum Gasteiger partial charge on any atom is -0.264 e. The van der Waals surface area contributed by atoms with Gasteiger partial charge in [0.1, 0.15) is 0 Å². The predicted octanol–water partition coefficient (Wildman–Crippen LogP) is 14.7. The van der Waals surface area contributed by atoms with Crippen molar-refractivity contribution in [3.05, 3.63) is 188 Å². The van der Waals surface area contributed by atoms with E-state index in [9.17, 15) is 0 Å². The highest BCUT2D eigenvalue weighted by Gasteiger charge is 2.23. The van der Waals surface area contributed by atoms with Crippen LogP contribution in [0, 0.1) is 0 Å². The van der Waals surface area contributed by atoms with E-state index in [1.54, 1.807) is 0 Å². The molecule has 0 amide bonds. The normalized spacial score (nSPS) is 11.8. The van der Waals surface area contributed by atoms with E-state index in [1.807, 2.05) is 29.8 Å². The van der Waals surface area contributed by atoms with Crippen molar-refractivity contribution in [3.8, 4) is 44.5 Å². The van der Waals surface area contributed by atoms with Gasteiger partial charge in [-0.15, -0.1) is 11.3 Å². The highest BCUT2D eigenvalue weighted by atomic mass is 32.1. The standard InChI is InChI=1S/C51H31NS/c1-2-15-32(16-3-1)46-34-18-4-8-22-38(34)48(39-23-9-5-19-35(39)46)42-26-12-28-44-50(42)51-43(27-13-29-45(51)53-44)49-40-24-10-6-20-36(40)47(33-17-14-30-52-31-33)37-21-7-11-25-41(37)49/h1-31H. The summed E-state index contributed by atoms with van der Waals surface area (Å²) in [7, 11) is 0. The third-order valence-corrected chi connectivity index (χ3v) is 12.1. The van der Waals surface area contributed by atoms with Crippen molar-refractivity contribution in [1.29, 1.82) is 0 Å². The highest BCUT2D eigenvalue weighted by molar-refractivity contribution is 7.26. The summed E-state index contributed by atoms with van der Waals surface area (Å²) in [6, 6.07) is 64.6. The summed E-state index contributed by atoms with van der Waals surface area (Å²) in [5, 5.41) is 12.7. The molecule has 0 saturated carbocycles. The van der Waals surface area contributed by atoms with E-state index in [4.69, 9.17) is 0 Å². The molecule has 9 aromatic carbocycles. The maximum absolute atomic E-state index is 4.53. The van der Waals surface area contributed by atoms with Crippen LogP contribution >= 0.6 is 11.3 Å². The molecule has 2 aromatic heterocycles. The van der Waals surface area contributed by atoms with Crippen LogP contribution < -0.4 is 0 Å². The molecule has 1 nitrogen and oxygen atoms in total. The number of nitrogens with zero attached hydrogens (tertiary/aromatic N) is 1. The summed E-state index contributed by atoms with van der Waals surface area (Å²) in [6.45, 7) is 0. The highest BCUT2D eigenvalue weighted by Crippen LogP contribution is 2.51. The monoisotopic (exact) mass is 689 g/mol. The molecular weight excluding hydrogens is 659 g/mol. The van der Waals surface area contributed by atoms with Gasteiger partial charge in [-0.05, 0) is 100 Å². The minimum absolute atomic E-state index is 1.13. The molecule has 11 aromatic rings. The average molecular weight is 690 g/mol. The molecule has 0 fully saturated rings. The van der Waals surface area contributed by atoms with Gasteiger partial charge in [0.2, 0.25) is 0 Å². The number of thiophene rings is 1. The van der Waals surface area contributed by atoms with Crippen LogP contribution in [0.1, 0.15) is 0 Å². The Balaban J connectivity index is 1.29. The lowest BCUT2D eigenvalue weighted by Crippen LogP contribution is -1.92. The van der Waals surface area contributed by atoms with Gasteiger partial charge in [0.05, 0.1) is 0 Å². The first-order valence-corrected chi connectivity index (χ1v) is 18.9. The Hall–Kier alpha value is -6.61. The van der Waals surface area contributed by atoms with Crippen LogP contribution in [0.25, 0.3) is 108 Å². The Bertz CT molecular complexity index is 2880. The van der Waals surface area contributed by atoms with Crippen LogP contribution in [0.4, 0.5) is 0 Å². The zero-order valence-corrected chi connectivity index (χ0v) is 29.6. The first-order valence-electron chi connectivity index (χ1n) is 18.1. The molecule has 0 radical (unpaired) electrons. The molecule has 0 N–H and O–H groups in total. The number of fused-ring (bicyclic) bond motifs is 7. The van der Waals surface area contributed by atoms with Gasteiger partial charge in [0, 0.05) is 38.1 Å². The first kappa shape index (κ1) is 30.1. The number of hydrogen-bond donors (Lipinski definition) is 0. The van der Waals surface area contributed by atoms with Crippen molar-refractivity contribution < 1.29 is 0 Å². The predicted molar refractivity (Wildman–Crippen MR) is 229 cm³/mol. The van der Waals surface area contributed by atoms with Crippen LogP contribution in [0.2, 0.25) is 0 Å². The molecule has 246 valence electrons. The third kappa shape index (κ3) is 4.53. The lowest BCUT2D eigenvalue weighted by Gasteiger charge is -2.19. The number of pyridine rings is 1. The quantitative estimate of drug-likeness (QED) is 0.168. The Labute approximate surface area is 311 Å². The number of aromatic nitrogens is 1. The maximum atomic E-state index is 4.53. The summed E-state index contributed by atoms with van der Waals surface area (Å²) in [5.41, 5.74) is 9.99. The number of hydrogen-bond acceptors (Lipinski definition) is 2. The molecule has 0 aliphatic rings. The maximum Gasteiger partial charge on any atom is 0.0361 e. The van der Waals surface area contributed by atoms with Crippen molar-refractivity contribution in [3.63, 3.8) is 0 Å². The zero-order chi connectivity index (χ0) is 34.9. The lowest BCUT2D eigenvalue weighted by atomic mass is 9.83. The Morgan fingerprint density at radius 2 is 0.679 bits per heavy atom. The Morgan fingerprint density at radius 1 is 0.302 bits per heavy atom. The van der Waals surface area contributed by atoms with Crippen molar-refractivity contribution in [2.24, 2.45) is 0 Å². The van der Waals surface area contributed by atoms with Crippen molar-refractivity contribution in [1.82, 2.24) is 4.98 Å². The van der Waals surface area contributed by atoms with Gasteiger partial charge in [0.15, 0.2) is 0 Å². The van der Waals surface area contributed by atoms with E-state index in [0.29, 0.717) is 0 Å². The SMILES string of the molecule is c1ccc(-c2c3ccccc3c(-c3cccc4sc5cccc(-c6c7ccccc7c(-c7cccnc7)c7ccccc67)c5c34)c3ccccc23)cc1. The second-order valence-electron chi connectivity index (χ2n) is 13.7. The molecule has 0 bridgehead atoms. The zero-order valence-electron chi connectivity index (χ0n) is 28.8. The van der Waals surface area contributed by atoms with E-state index in [0.717, 1.165) is 5.56 Å². The Morgan fingerprint density at radius 3 is 1.09 bits per heavy atom. The van der Waals surface area contributed by atoms with Crippen LogP contribution in [0.5, 0.6) is 0 Å². The van der Waals surface area contributed by atoms with Gasteiger partial charge in [-0.25, -0.2) is 0 Å². The molecular formula is C51H31NS. The van der Waals surface area contributed by atoms with Crippen molar-refractivity contribution in [2.75, 3.05) is 0 Å². The molecule has 53 heavy (non-hydrogen) atoms. The van der Waals surface area contributed by atoms with Gasteiger partial charge in [-0.1, -0.05) is 158 Å². The van der Waals surface area contributed by atoms with E-state index >= 15 is 0 Å². The molecule has 0 aliphatic heterocycles. The third-order valence-electron chi connectivity index (χ3n) is 10.9. The lowest BCUT2D eigenvalue weighted by molar-refractivity contribution is 1.33. The summed E-state index contributed by atoms with van der Waals surface area (Å²) in [5.74, 6) is 0. The van der Waals surface area contributed by atoms with E-state index < -0.39 is 0 Å². The van der Waals surface area contributed by atoms with Crippen molar-refractivity contribution >= 4 is 74.6 Å². The smallest absolute Gasteiger partial charge is 0.0361 e. The molecule has 11 rings (SSSR count). The van der Waals surface area contributed by atoms with E-state index in [2.05, 4.69) is 175 Å². The van der Waals surface area contributed by atoms with E-state index in [1.165, 1.54) is 102 Å². The molecule has 0 spiro atoms. The van der Waals surface area contributed by atoms with Crippen LogP contribution in [-0.4, -0.2) is 4.98 Å². The number of rotatable bonds is 4. The van der Waals surface area contributed by atoms with Crippen LogP contribution in [-0.2, 0) is 0 Å². The second kappa shape index (κ2) is 12.0. The fraction of sp³-hybridized carbons (Fsp3) is 0. The fourth-order valence-electron chi connectivity index (χ4n) is 8.86. The summed E-state index contributed by atoms with van der Waals surface area (Å²) in [4.78, 5) is 4.53. The largest absolute Gasteiger partial charge is 0.264 e. The van der Waals surface area contributed by atoms with E-state index in [-0.39, 0.29) is 0 Å². The molecule has 0 aliphatic carbocycles. The van der Waals surface area contributed by atoms with Crippen LogP contribution in [0.3, 0.4) is 0 Å². The minimum atomic E-state index is 1.13. The van der Waals surface area contributed by atoms with Gasteiger partial charge in [-0.2, -0.15) is 0 Å². The Kier molecular flexibility index (Phi) is 6.80. The fourth-order valence-corrected chi connectivity index (χ4v) is 10.0. The summed E-state index contributed by atoms with van der Waals surface area (Å²) >= 11 is 1.89. The molecule has 0 saturated heterocycles. The van der Waals surface area contributed by atoms with Gasteiger partial charge in [0.25, 0.3) is 0 Å². The molecule has 2 heteroatoms. The second-order valence-corrected chi connectivity index (χ2v) is 14.8. The van der Waals surface area contributed by atoms with Crippen LogP contribution in [0.15, 0.2) is 188 Å². The van der Waals surface area contributed by atoms with Crippen molar-refractivity contribution in [2.45, 2.75) is 0 Å². The summed E-state index contributed by atoms with van der Waals surface area (Å²) in [6.07, 6.45) is 3.84.